The van der Waals surface area contributed by atoms with E-state index in [1.165, 1.54) is 24.3 Å². The number of carbonyl (C=O) groups is 1. The third-order valence-corrected chi connectivity index (χ3v) is 10.6. The Morgan fingerprint density at radius 2 is 1.65 bits per heavy atom. The molecule has 4 aromatic carbocycles. The first kappa shape index (κ1) is 36.6. The number of alkyl halides is 3. The number of amides is 1. The average molecular weight is 727 g/mol. The topological polar surface area (TPSA) is 94.2 Å². The molecule has 6 rings (SSSR count). The maximum absolute atomic E-state index is 14.3. The minimum atomic E-state index is -4.85. The highest BCUT2D eigenvalue weighted by Gasteiger charge is 2.47. The van der Waals surface area contributed by atoms with Gasteiger partial charge in [0, 0.05) is 13.0 Å². The molecule has 0 bridgehead atoms. The van der Waals surface area contributed by atoms with Crippen LogP contribution in [0.5, 0.6) is 0 Å². The van der Waals surface area contributed by atoms with E-state index < -0.39 is 71.5 Å². The summed E-state index contributed by atoms with van der Waals surface area (Å²) in [7, 11) is -4.26. The van der Waals surface area contributed by atoms with Crippen molar-refractivity contribution >= 4 is 15.9 Å². The number of sulfonamides is 1. The Hall–Kier alpha value is -4.14. The molecule has 0 spiro atoms. The van der Waals surface area contributed by atoms with Crippen molar-refractivity contribution in [3.63, 3.8) is 0 Å². The molecule has 2 aliphatic rings. The molecule has 0 aromatic heterocycles. The van der Waals surface area contributed by atoms with Gasteiger partial charge in [0.1, 0.15) is 11.9 Å². The second kappa shape index (κ2) is 15.6. The molecular formula is C38H38F4N2O6S. The van der Waals surface area contributed by atoms with Crippen molar-refractivity contribution in [2.45, 2.75) is 67.8 Å². The van der Waals surface area contributed by atoms with Crippen LogP contribution in [0.15, 0.2) is 108 Å². The van der Waals surface area contributed by atoms with Crippen LogP contribution < -0.4 is 4.72 Å². The van der Waals surface area contributed by atoms with Crippen molar-refractivity contribution in [2.24, 2.45) is 0 Å². The number of hydrogen-bond donors (Lipinski definition) is 1. The van der Waals surface area contributed by atoms with Gasteiger partial charge in [-0.05, 0) is 59.9 Å². The predicted octanol–water partition coefficient (Wildman–Crippen LogP) is 6.28. The lowest BCUT2D eigenvalue weighted by Crippen LogP contribution is -2.58. The quantitative estimate of drug-likeness (QED) is 0.183. The highest BCUT2D eigenvalue weighted by Crippen LogP contribution is 2.37. The van der Waals surface area contributed by atoms with Gasteiger partial charge in [-0.25, -0.2) is 17.5 Å². The Kier molecular flexibility index (Phi) is 11.2. The number of hydrogen-bond acceptors (Lipinski definition) is 6. The van der Waals surface area contributed by atoms with Gasteiger partial charge in [-0.3, -0.25) is 4.79 Å². The molecule has 1 saturated heterocycles. The normalized spacial score (nSPS) is 21.5. The summed E-state index contributed by atoms with van der Waals surface area (Å²) in [6, 6.07) is 26.2. The fourth-order valence-corrected chi connectivity index (χ4v) is 7.74. The van der Waals surface area contributed by atoms with E-state index in [1.807, 2.05) is 24.3 Å². The molecule has 270 valence electrons. The van der Waals surface area contributed by atoms with E-state index in [-0.39, 0.29) is 24.5 Å². The third kappa shape index (κ3) is 8.85. The number of benzene rings is 4. The summed E-state index contributed by atoms with van der Waals surface area (Å²) >= 11 is 0. The zero-order valence-electron chi connectivity index (χ0n) is 27.8. The first-order chi connectivity index (χ1) is 24.4. The predicted molar refractivity (Wildman–Crippen MR) is 181 cm³/mol. The maximum Gasteiger partial charge on any atom is 0.416 e. The second-order valence-electron chi connectivity index (χ2n) is 12.7. The van der Waals surface area contributed by atoms with Crippen molar-refractivity contribution in [3.05, 3.63) is 137 Å². The summed E-state index contributed by atoms with van der Waals surface area (Å²) in [4.78, 5) is 15.8. The number of halogens is 4. The molecule has 0 unspecified atom stereocenters. The lowest BCUT2D eigenvalue weighted by atomic mass is 9.87. The molecule has 5 atom stereocenters. The van der Waals surface area contributed by atoms with Crippen LogP contribution >= 0.6 is 0 Å². The Morgan fingerprint density at radius 3 is 2.35 bits per heavy atom. The zero-order chi connectivity index (χ0) is 36.2. The first-order valence-corrected chi connectivity index (χ1v) is 18.1. The van der Waals surface area contributed by atoms with Gasteiger partial charge in [-0.2, -0.15) is 13.2 Å². The van der Waals surface area contributed by atoms with E-state index in [2.05, 4.69) is 4.72 Å². The SMILES string of the molecule is Cc1ccc(S(=O)(=O)N[C@H]2C[C@H](C(=O)N3CCc4ccccc4[C@@H]3c3ccc(F)cc3)OC[C@@H]2O[C@H](COCc2ccccc2)C(F)(F)F)cc1. The molecule has 51 heavy (non-hydrogen) atoms. The number of aryl methyl sites for hydroxylation is 1. The molecule has 0 aliphatic carbocycles. The number of carbonyl (C=O) groups excluding carboxylic acids is 1. The fourth-order valence-electron chi connectivity index (χ4n) is 6.47. The minimum absolute atomic E-state index is 0.0911. The lowest BCUT2D eigenvalue weighted by Gasteiger charge is -2.42. The van der Waals surface area contributed by atoms with Crippen LogP contribution in [0, 0.1) is 12.7 Å². The van der Waals surface area contributed by atoms with E-state index in [0.717, 1.165) is 16.7 Å². The van der Waals surface area contributed by atoms with Crippen molar-refractivity contribution in [1.29, 1.82) is 0 Å². The van der Waals surface area contributed by atoms with E-state index in [4.69, 9.17) is 14.2 Å². The molecule has 1 fully saturated rings. The average Bonchev–Trinajstić information content (AvgIpc) is 3.11. The molecule has 0 radical (unpaired) electrons. The van der Waals surface area contributed by atoms with Crippen molar-refractivity contribution in [2.75, 3.05) is 19.8 Å². The Balaban J connectivity index is 1.26. The van der Waals surface area contributed by atoms with Gasteiger partial charge in [-0.15, -0.1) is 0 Å². The van der Waals surface area contributed by atoms with Crippen LogP contribution in [0.4, 0.5) is 17.6 Å². The number of ether oxygens (including phenoxy) is 3. The number of rotatable bonds is 11. The first-order valence-electron chi connectivity index (χ1n) is 16.6. The monoisotopic (exact) mass is 726 g/mol. The third-order valence-electron chi connectivity index (χ3n) is 9.13. The number of nitrogens with zero attached hydrogens (tertiary/aromatic N) is 1. The van der Waals surface area contributed by atoms with Gasteiger partial charge in [0.2, 0.25) is 10.0 Å². The van der Waals surface area contributed by atoms with Crippen molar-refractivity contribution in [1.82, 2.24) is 9.62 Å². The van der Waals surface area contributed by atoms with Crippen molar-refractivity contribution < 1.29 is 45.0 Å². The highest BCUT2D eigenvalue weighted by atomic mass is 32.2. The molecule has 0 saturated carbocycles. The smallest absolute Gasteiger partial charge is 0.374 e. The summed E-state index contributed by atoms with van der Waals surface area (Å²) in [5.41, 5.74) is 4.01. The van der Waals surface area contributed by atoms with Crippen LogP contribution in [0.2, 0.25) is 0 Å². The van der Waals surface area contributed by atoms with E-state index in [0.29, 0.717) is 17.5 Å². The van der Waals surface area contributed by atoms with E-state index >= 15 is 0 Å². The molecule has 8 nitrogen and oxygen atoms in total. The van der Waals surface area contributed by atoms with Crippen LogP contribution in [-0.2, 0) is 42.1 Å². The standard InChI is InChI=1S/C38H38F4N2O6S/c1-25-11-17-30(18-12-25)51(46,47)43-32-21-33(49-23-34(32)50-35(38(40,41)42)24-48-22-26-7-3-2-4-8-26)37(45)44-20-19-27-9-5-6-10-31(27)36(44)28-13-15-29(39)16-14-28/h2-18,32-36,43H,19-24H2,1H3/t32-,33+,34-,35+,36-/m0/s1. The number of fused-ring (bicyclic) bond motifs is 1. The van der Waals surface area contributed by atoms with E-state index in [9.17, 15) is 30.8 Å². The van der Waals surface area contributed by atoms with Gasteiger partial charge in [0.25, 0.3) is 5.91 Å². The molecule has 13 heteroatoms. The summed E-state index contributed by atoms with van der Waals surface area (Å²) < 4.78 is 103. The summed E-state index contributed by atoms with van der Waals surface area (Å²) in [5, 5.41) is 0. The van der Waals surface area contributed by atoms with Gasteiger partial charge < -0.3 is 19.1 Å². The molecular weight excluding hydrogens is 688 g/mol. The largest absolute Gasteiger partial charge is 0.416 e. The van der Waals surface area contributed by atoms with Gasteiger partial charge in [-0.1, -0.05) is 84.4 Å². The highest BCUT2D eigenvalue weighted by molar-refractivity contribution is 7.89. The van der Waals surface area contributed by atoms with E-state index in [1.54, 1.807) is 66.4 Å². The lowest BCUT2D eigenvalue weighted by molar-refractivity contribution is -0.259. The second-order valence-corrected chi connectivity index (χ2v) is 14.5. The Labute approximate surface area is 294 Å². The molecule has 2 aliphatic heterocycles. The molecule has 2 heterocycles. The maximum atomic E-state index is 14.3. The van der Waals surface area contributed by atoms with Crippen LogP contribution in [-0.4, -0.2) is 69.5 Å². The minimum Gasteiger partial charge on any atom is -0.374 e. The van der Waals surface area contributed by atoms with Crippen LogP contribution in [0.1, 0.15) is 40.3 Å². The molecule has 1 amide bonds. The summed E-state index contributed by atoms with van der Waals surface area (Å²) in [5.74, 6) is -0.913. The summed E-state index contributed by atoms with van der Waals surface area (Å²) in [6.07, 6.45) is -9.68. The van der Waals surface area contributed by atoms with Gasteiger partial charge in [0.15, 0.2) is 6.10 Å². The molecule has 4 aromatic rings. The van der Waals surface area contributed by atoms with Gasteiger partial charge in [0.05, 0.1) is 42.9 Å². The Morgan fingerprint density at radius 1 is 0.961 bits per heavy atom. The zero-order valence-corrected chi connectivity index (χ0v) is 28.6. The molecule has 1 N–H and O–H groups in total. The van der Waals surface area contributed by atoms with Crippen LogP contribution in [0.25, 0.3) is 0 Å². The Bertz CT molecular complexity index is 1890. The summed E-state index contributed by atoms with van der Waals surface area (Å²) in [6.45, 7) is 0.631. The van der Waals surface area contributed by atoms with Gasteiger partial charge >= 0.3 is 6.18 Å². The van der Waals surface area contributed by atoms with Crippen LogP contribution in [0.3, 0.4) is 0 Å². The fraction of sp³-hybridized carbons (Fsp3) is 0.342. The number of nitrogens with one attached hydrogen (secondary N) is 1. The van der Waals surface area contributed by atoms with Crippen molar-refractivity contribution in [3.8, 4) is 0 Å².